The maximum Gasteiger partial charge on any atom is 0.0236 e. The lowest BCUT2D eigenvalue weighted by atomic mass is 10.0. The molecule has 0 saturated heterocycles. The summed E-state index contributed by atoms with van der Waals surface area (Å²) >= 11 is 0. The van der Waals surface area contributed by atoms with Crippen molar-refractivity contribution in [2.45, 2.75) is 57.5 Å². The van der Waals surface area contributed by atoms with E-state index in [9.17, 15) is 0 Å². The van der Waals surface area contributed by atoms with E-state index in [0.717, 1.165) is 25.6 Å². The van der Waals surface area contributed by atoms with Gasteiger partial charge in [0, 0.05) is 12.6 Å². The summed E-state index contributed by atoms with van der Waals surface area (Å²) in [5, 5.41) is 0. The fourth-order valence-electron chi connectivity index (χ4n) is 3.21. The first-order chi connectivity index (χ1) is 9.31. The van der Waals surface area contributed by atoms with E-state index in [-0.39, 0.29) is 0 Å². The van der Waals surface area contributed by atoms with E-state index in [2.05, 4.69) is 36.2 Å². The monoisotopic (exact) mass is 260 g/mol. The van der Waals surface area contributed by atoms with E-state index < -0.39 is 0 Å². The molecule has 2 N–H and O–H groups in total. The quantitative estimate of drug-likeness (QED) is 0.823. The first-order valence-corrected chi connectivity index (χ1v) is 7.78. The van der Waals surface area contributed by atoms with E-state index in [4.69, 9.17) is 5.73 Å². The molecule has 1 aliphatic carbocycles. The van der Waals surface area contributed by atoms with Gasteiger partial charge < -0.3 is 5.73 Å². The third kappa shape index (κ3) is 4.32. The molecule has 1 saturated carbocycles. The number of nitrogens with two attached hydrogens (primary N) is 1. The molecular weight excluding hydrogens is 232 g/mol. The molecule has 0 bridgehead atoms. The average Bonchev–Trinajstić information content (AvgIpc) is 2.70. The maximum atomic E-state index is 5.71. The van der Waals surface area contributed by atoms with E-state index in [0.29, 0.717) is 0 Å². The minimum Gasteiger partial charge on any atom is -0.330 e. The van der Waals surface area contributed by atoms with Gasteiger partial charge in [-0.2, -0.15) is 0 Å². The second-order valence-electron chi connectivity index (χ2n) is 5.87. The van der Waals surface area contributed by atoms with Crippen molar-refractivity contribution < 1.29 is 0 Å². The van der Waals surface area contributed by atoms with Crippen LogP contribution in [0.5, 0.6) is 0 Å². The van der Waals surface area contributed by atoms with Crippen LogP contribution in [0.25, 0.3) is 0 Å². The molecule has 1 aromatic rings. The molecule has 1 aromatic carbocycles. The molecule has 2 heteroatoms. The predicted molar refractivity (Wildman–Crippen MR) is 82.2 cm³/mol. The zero-order valence-corrected chi connectivity index (χ0v) is 12.3. The molecule has 0 aromatic heterocycles. The van der Waals surface area contributed by atoms with Gasteiger partial charge in [-0.15, -0.1) is 0 Å². The number of hydrogen-bond acceptors (Lipinski definition) is 2. The molecule has 0 heterocycles. The Balaban J connectivity index is 1.99. The van der Waals surface area contributed by atoms with Crippen LogP contribution in [-0.4, -0.2) is 24.5 Å². The van der Waals surface area contributed by atoms with Gasteiger partial charge in [-0.1, -0.05) is 49.9 Å². The van der Waals surface area contributed by atoms with E-state index in [1.807, 2.05) is 0 Å². The van der Waals surface area contributed by atoms with Crippen molar-refractivity contribution >= 4 is 0 Å². The van der Waals surface area contributed by atoms with Crippen LogP contribution in [0, 0.1) is 0 Å². The lowest BCUT2D eigenvalue weighted by Crippen LogP contribution is -2.31. The van der Waals surface area contributed by atoms with Crippen LogP contribution in [0.4, 0.5) is 0 Å². The van der Waals surface area contributed by atoms with Crippen molar-refractivity contribution in [3.8, 4) is 0 Å². The van der Waals surface area contributed by atoms with E-state index in [1.54, 1.807) is 0 Å². The fraction of sp³-hybridized carbons (Fsp3) is 0.647. The molecule has 0 amide bonds. The molecule has 106 valence electrons. The van der Waals surface area contributed by atoms with Gasteiger partial charge in [0.05, 0.1) is 0 Å². The maximum absolute atomic E-state index is 5.71. The number of rotatable bonds is 5. The summed E-state index contributed by atoms with van der Waals surface area (Å²) < 4.78 is 0. The lowest BCUT2D eigenvalue weighted by molar-refractivity contribution is 0.212. The van der Waals surface area contributed by atoms with Crippen molar-refractivity contribution in [2.24, 2.45) is 5.73 Å². The molecule has 2 nitrogen and oxygen atoms in total. The minimum atomic E-state index is 0.740. The van der Waals surface area contributed by atoms with E-state index >= 15 is 0 Å². The van der Waals surface area contributed by atoms with Crippen molar-refractivity contribution in [1.82, 2.24) is 4.90 Å². The topological polar surface area (TPSA) is 29.3 Å². The Hall–Kier alpha value is -0.860. The first-order valence-electron chi connectivity index (χ1n) is 7.78. The van der Waals surface area contributed by atoms with Crippen LogP contribution < -0.4 is 5.73 Å². The van der Waals surface area contributed by atoms with Gasteiger partial charge in [0.2, 0.25) is 0 Å². The van der Waals surface area contributed by atoms with E-state index in [1.165, 1.54) is 49.7 Å². The molecule has 1 aliphatic rings. The highest BCUT2D eigenvalue weighted by molar-refractivity contribution is 5.27. The second kappa shape index (κ2) is 7.66. The lowest BCUT2D eigenvalue weighted by Gasteiger charge is -2.28. The van der Waals surface area contributed by atoms with Gasteiger partial charge in [0.25, 0.3) is 0 Å². The van der Waals surface area contributed by atoms with Crippen LogP contribution >= 0.6 is 0 Å². The largest absolute Gasteiger partial charge is 0.330 e. The molecule has 0 unspecified atom stereocenters. The molecule has 1 fully saturated rings. The summed E-state index contributed by atoms with van der Waals surface area (Å²) in [6, 6.07) is 9.53. The smallest absolute Gasteiger partial charge is 0.0236 e. The Kier molecular flexibility index (Phi) is 5.87. The Bertz CT molecular complexity index is 367. The second-order valence-corrected chi connectivity index (χ2v) is 5.87. The van der Waals surface area contributed by atoms with Gasteiger partial charge in [-0.05, 0) is 44.0 Å². The molecule has 0 aliphatic heterocycles. The highest BCUT2D eigenvalue weighted by Gasteiger charge is 2.17. The van der Waals surface area contributed by atoms with Crippen molar-refractivity contribution in [1.29, 1.82) is 0 Å². The molecule has 0 spiro atoms. The third-order valence-corrected chi connectivity index (χ3v) is 4.40. The van der Waals surface area contributed by atoms with Gasteiger partial charge >= 0.3 is 0 Å². The zero-order chi connectivity index (χ0) is 13.5. The zero-order valence-electron chi connectivity index (χ0n) is 12.3. The molecule has 19 heavy (non-hydrogen) atoms. The standard InChI is InChI=1S/C17H28N2/c1-19(17-10-4-2-3-5-11-17)14-16-9-7-6-8-15(16)12-13-18/h6-9,17H,2-5,10-14,18H2,1H3. The van der Waals surface area contributed by atoms with Crippen LogP contribution in [-0.2, 0) is 13.0 Å². The summed E-state index contributed by atoms with van der Waals surface area (Å²) in [5.74, 6) is 0. The Morgan fingerprint density at radius 2 is 1.68 bits per heavy atom. The van der Waals surface area contributed by atoms with Crippen LogP contribution in [0.1, 0.15) is 49.7 Å². The average molecular weight is 260 g/mol. The van der Waals surface area contributed by atoms with Crippen molar-refractivity contribution in [2.75, 3.05) is 13.6 Å². The van der Waals surface area contributed by atoms with Gasteiger partial charge in [-0.3, -0.25) is 4.90 Å². The first kappa shape index (κ1) is 14.5. The van der Waals surface area contributed by atoms with Gasteiger partial charge in [-0.25, -0.2) is 0 Å². The SMILES string of the molecule is CN(Cc1ccccc1CCN)C1CCCCCC1. The predicted octanol–water partition coefficient (Wildman–Crippen LogP) is 3.34. The minimum absolute atomic E-state index is 0.740. The molecule has 2 rings (SSSR count). The number of nitrogens with zero attached hydrogens (tertiary/aromatic N) is 1. The van der Waals surface area contributed by atoms with Crippen molar-refractivity contribution in [3.05, 3.63) is 35.4 Å². The number of hydrogen-bond donors (Lipinski definition) is 1. The van der Waals surface area contributed by atoms with Crippen LogP contribution in [0.3, 0.4) is 0 Å². The highest BCUT2D eigenvalue weighted by Crippen LogP contribution is 2.23. The third-order valence-electron chi connectivity index (χ3n) is 4.40. The summed E-state index contributed by atoms with van der Waals surface area (Å²) in [7, 11) is 2.29. The summed E-state index contributed by atoms with van der Waals surface area (Å²) in [6.07, 6.45) is 9.39. The Labute approximate surface area is 118 Å². The molecule has 0 atom stereocenters. The van der Waals surface area contributed by atoms with Crippen molar-refractivity contribution in [3.63, 3.8) is 0 Å². The Morgan fingerprint density at radius 3 is 2.32 bits per heavy atom. The normalized spacial score (nSPS) is 17.6. The number of benzene rings is 1. The summed E-state index contributed by atoms with van der Waals surface area (Å²) in [6.45, 7) is 1.81. The van der Waals surface area contributed by atoms with Crippen LogP contribution in [0.2, 0.25) is 0 Å². The molecular formula is C17H28N2. The summed E-state index contributed by atoms with van der Waals surface area (Å²) in [5.41, 5.74) is 8.59. The van der Waals surface area contributed by atoms with Gasteiger partial charge in [0.1, 0.15) is 0 Å². The van der Waals surface area contributed by atoms with Gasteiger partial charge in [0.15, 0.2) is 0 Å². The highest BCUT2D eigenvalue weighted by atomic mass is 15.1. The Morgan fingerprint density at radius 1 is 1.05 bits per heavy atom. The summed E-state index contributed by atoms with van der Waals surface area (Å²) in [4.78, 5) is 2.56. The fourth-order valence-corrected chi connectivity index (χ4v) is 3.21. The van der Waals surface area contributed by atoms with Crippen LogP contribution in [0.15, 0.2) is 24.3 Å². The molecule has 0 radical (unpaired) electrons.